The van der Waals surface area contributed by atoms with E-state index in [4.69, 9.17) is 0 Å². The highest BCUT2D eigenvalue weighted by atomic mass is 32.2. The molecule has 0 saturated heterocycles. The quantitative estimate of drug-likeness (QED) is 0.853. The summed E-state index contributed by atoms with van der Waals surface area (Å²) >= 11 is 1.74. The second kappa shape index (κ2) is 5.69. The first-order valence-electron chi connectivity index (χ1n) is 6.90. The lowest BCUT2D eigenvalue weighted by Crippen LogP contribution is -2.15. The van der Waals surface area contributed by atoms with Crippen LogP contribution >= 0.6 is 11.3 Å². The van der Waals surface area contributed by atoms with E-state index in [-0.39, 0.29) is 6.04 Å². The maximum absolute atomic E-state index is 11.5. The van der Waals surface area contributed by atoms with Crippen LogP contribution in [0.3, 0.4) is 0 Å². The molecule has 0 radical (unpaired) electrons. The maximum Gasteiger partial charge on any atom is 0.229 e. The molecule has 1 aliphatic rings. The lowest BCUT2D eigenvalue weighted by atomic mass is 10.1. The predicted molar refractivity (Wildman–Crippen MR) is 88.3 cm³/mol. The number of anilines is 2. The maximum atomic E-state index is 11.5. The summed E-state index contributed by atoms with van der Waals surface area (Å²) in [5.74, 6) is 0.634. The minimum absolute atomic E-state index is 0.257. The summed E-state index contributed by atoms with van der Waals surface area (Å²) in [5.41, 5.74) is 1.43. The van der Waals surface area contributed by atoms with Crippen LogP contribution in [0.15, 0.2) is 41.8 Å². The third-order valence-electron chi connectivity index (χ3n) is 3.48. The zero-order valence-electron chi connectivity index (χ0n) is 11.7. The molecule has 1 aliphatic carbocycles. The van der Waals surface area contributed by atoms with E-state index < -0.39 is 10.0 Å². The van der Waals surface area contributed by atoms with Crippen LogP contribution in [-0.4, -0.2) is 14.7 Å². The minimum Gasteiger partial charge on any atom is -0.375 e. The van der Waals surface area contributed by atoms with Crippen LogP contribution in [-0.2, 0) is 10.0 Å². The van der Waals surface area contributed by atoms with Crippen molar-refractivity contribution in [2.75, 3.05) is 16.3 Å². The molecule has 1 unspecified atom stereocenters. The van der Waals surface area contributed by atoms with Gasteiger partial charge in [-0.15, -0.1) is 11.3 Å². The van der Waals surface area contributed by atoms with Crippen LogP contribution in [0.1, 0.15) is 23.8 Å². The van der Waals surface area contributed by atoms with Crippen LogP contribution in [0.2, 0.25) is 0 Å². The Bertz CT molecular complexity index is 707. The largest absolute Gasteiger partial charge is 0.375 e. The van der Waals surface area contributed by atoms with Crippen molar-refractivity contribution < 1.29 is 8.42 Å². The topological polar surface area (TPSA) is 58.2 Å². The fourth-order valence-corrected chi connectivity index (χ4v) is 3.83. The summed E-state index contributed by atoms with van der Waals surface area (Å²) < 4.78 is 25.5. The van der Waals surface area contributed by atoms with Gasteiger partial charge in [-0.1, -0.05) is 18.2 Å². The number of sulfonamides is 1. The highest BCUT2D eigenvalue weighted by Crippen LogP contribution is 2.44. The molecule has 0 bridgehead atoms. The highest BCUT2D eigenvalue weighted by Gasteiger charge is 2.33. The molecule has 1 fully saturated rings. The number of rotatable bonds is 6. The van der Waals surface area contributed by atoms with Crippen molar-refractivity contribution in [2.24, 2.45) is 5.92 Å². The molecule has 6 heteroatoms. The van der Waals surface area contributed by atoms with Gasteiger partial charge in [-0.2, -0.15) is 0 Å². The molecule has 112 valence electrons. The normalized spacial score (nSPS) is 16.4. The van der Waals surface area contributed by atoms with E-state index >= 15 is 0 Å². The van der Waals surface area contributed by atoms with Crippen molar-refractivity contribution in [3.05, 3.63) is 46.7 Å². The average molecular weight is 322 g/mol. The van der Waals surface area contributed by atoms with Gasteiger partial charge in [0.1, 0.15) is 0 Å². The van der Waals surface area contributed by atoms with Crippen LogP contribution in [0.25, 0.3) is 0 Å². The number of para-hydroxylation sites is 2. The highest BCUT2D eigenvalue weighted by molar-refractivity contribution is 7.92. The standard InChI is InChI=1S/C15H18N2O2S2/c1-21(18,19)17-13-6-3-2-5-12(13)16-15(11-8-9-11)14-7-4-10-20-14/h2-7,10-11,15-17H,8-9H2,1H3. The van der Waals surface area contributed by atoms with Crippen molar-refractivity contribution >= 4 is 32.7 Å². The molecule has 1 aromatic heterocycles. The second-order valence-electron chi connectivity index (χ2n) is 5.39. The van der Waals surface area contributed by atoms with E-state index in [9.17, 15) is 8.42 Å². The smallest absolute Gasteiger partial charge is 0.229 e. The van der Waals surface area contributed by atoms with Gasteiger partial charge in [-0.25, -0.2) is 8.42 Å². The fourth-order valence-electron chi connectivity index (χ4n) is 2.38. The lowest BCUT2D eigenvalue weighted by Gasteiger charge is -2.20. The van der Waals surface area contributed by atoms with Crippen molar-refractivity contribution in [1.82, 2.24) is 0 Å². The Balaban J connectivity index is 1.86. The van der Waals surface area contributed by atoms with E-state index in [0.717, 1.165) is 5.69 Å². The van der Waals surface area contributed by atoms with Crippen LogP contribution < -0.4 is 10.0 Å². The molecule has 2 N–H and O–H groups in total. The van der Waals surface area contributed by atoms with E-state index in [1.54, 1.807) is 17.4 Å². The molecular formula is C15H18N2O2S2. The first kappa shape index (κ1) is 14.4. The number of thiophene rings is 1. The summed E-state index contributed by atoms with van der Waals surface area (Å²) in [5, 5.41) is 5.59. The Labute approximate surface area is 129 Å². The average Bonchev–Trinajstić information content (AvgIpc) is 3.10. The van der Waals surface area contributed by atoms with E-state index in [0.29, 0.717) is 11.6 Å². The molecule has 1 atom stereocenters. The zero-order chi connectivity index (χ0) is 14.9. The molecule has 0 aliphatic heterocycles. The molecule has 4 nitrogen and oxygen atoms in total. The van der Waals surface area contributed by atoms with Gasteiger partial charge in [0.2, 0.25) is 10.0 Å². The molecule has 1 saturated carbocycles. The first-order valence-corrected chi connectivity index (χ1v) is 9.67. The van der Waals surface area contributed by atoms with Gasteiger partial charge in [0, 0.05) is 4.88 Å². The predicted octanol–water partition coefficient (Wildman–Crippen LogP) is 3.68. The van der Waals surface area contributed by atoms with Crippen molar-refractivity contribution in [3.63, 3.8) is 0 Å². The van der Waals surface area contributed by atoms with Gasteiger partial charge in [-0.3, -0.25) is 4.72 Å². The van der Waals surface area contributed by atoms with E-state index in [1.165, 1.54) is 24.0 Å². The molecule has 3 rings (SSSR count). The monoisotopic (exact) mass is 322 g/mol. The van der Waals surface area contributed by atoms with Gasteiger partial charge < -0.3 is 5.32 Å². The van der Waals surface area contributed by atoms with Crippen molar-refractivity contribution in [1.29, 1.82) is 0 Å². The first-order chi connectivity index (χ1) is 10.0. The van der Waals surface area contributed by atoms with Crippen molar-refractivity contribution in [2.45, 2.75) is 18.9 Å². The number of nitrogens with one attached hydrogen (secondary N) is 2. The Morgan fingerprint density at radius 3 is 2.43 bits per heavy atom. The van der Waals surface area contributed by atoms with Gasteiger partial charge in [0.15, 0.2) is 0 Å². The summed E-state index contributed by atoms with van der Waals surface area (Å²) in [6.07, 6.45) is 3.61. The number of hydrogen-bond donors (Lipinski definition) is 2. The minimum atomic E-state index is -3.28. The molecule has 0 spiro atoms. The molecular weight excluding hydrogens is 304 g/mol. The Morgan fingerprint density at radius 2 is 1.86 bits per heavy atom. The van der Waals surface area contributed by atoms with Crippen LogP contribution in [0.5, 0.6) is 0 Å². The summed E-state index contributed by atoms with van der Waals surface area (Å²) in [7, 11) is -3.28. The molecule has 1 heterocycles. The van der Waals surface area contributed by atoms with E-state index in [2.05, 4.69) is 27.6 Å². The lowest BCUT2D eigenvalue weighted by molar-refractivity contribution is 0.607. The zero-order valence-corrected chi connectivity index (χ0v) is 13.4. The Morgan fingerprint density at radius 1 is 1.14 bits per heavy atom. The summed E-state index contributed by atoms with van der Waals surface area (Å²) in [6, 6.07) is 11.9. The van der Waals surface area contributed by atoms with Gasteiger partial charge in [-0.05, 0) is 42.3 Å². The third kappa shape index (κ3) is 3.77. The molecule has 1 aromatic carbocycles. The Hall–Kier alpha value is -1.53. The van der Waals surface area contributed by atoms with Crippen LogP contribution in [0.4, 0.5) is 11.4 Å². The molecule has 2 aromatic rings. The summed E-state index contributed by atoms with van der Waals surface area (Å²) in [6.45, 7) is 0. The van der Waals surface area contributed by atoms with Gasteiger partial charge in [0.05, 0.1) is 23.7 Å². The van der Waals surface area contributed by atoms with Gasteiger partial charge >= 0.3 is 0 Å². The van der Waals surface area contributed by atoms with E-state index in [1.807, 2.05) is 18.2 Å². The summed E-state index contributed by atoms with van der Waals surface area (Å²) in [4.78, 5) is 1.30. The number of hydrogen-bond acceptors (Lipinski definition) is 4. The SMILES string of the molecule is CS(=O)(=O)Nc1ccccc1NC(c1cccs1)C1CC1. The Kier molecular flexibility index (Phi) is 3.91. The van der Waals surface area contributed by atoms with Crippen LogP contribution in [0, 0.1) is 5.92 Å². The number of benzene rings is 1. The van der Waals surface area contributed by atoms with Gasteiger partial charge in [0.25, 0.3) is 0 Å². The molecule has 21 heavy (non-hydrogen) atoms. The third-order valence-corrected chi connectivity index (χ3v) is 5.02. The fraction of sp³-hybridized carbons (Fsp3) is 0.333. The second-order valence-corrected chi connectivity index (χ2v) is 8.12. The molecule has 0 amide bonds. The van der Waals surface area contributed by atoms with Crippen molar-refractivity contribution in [3.8, 4) is 0 Å².